The molecule has 2 aromatic rings. The lowest BCUT2D eigenvalue weighted by Crippen LogP contribution is -2.32. The fraction of sp³-hybridized carbons (Fsp3) is 0.375. The van der Waals surface area contributed by atoms with E-state index >= 15 is 0 Å². The van der Waals surface area contributed by atoms with E-state index in [0.717, 1.165) is 0 Å². The number of rotatable bonds is 5. The second kappa shape index (κ2) is 7.20. The summed E-state index contributed by atoms with van der Waals surface area (Å²) in [5.74, 6) is -0.301. The number of nitrogens with two attached hydrogens (primary N) is 2. The maximum atomic E-state index is 11.5. The summed E-state index contributed by atoms with van der Waals surface area (Å²) in [4.78, 5) is 31.1. The van der Waals surface area contributed by atoms with Crippen molar-refractivity contribution in [2.24, 2.45) is 5.73 Å². The van der Waals surface area contributed by atoms with Crippen LogP contribution in [0.5, 0.6) is 0 Å². The number of anilines is 1. The van der Waals surface area contributed by atoms with Crippen LogP contribution in [0.1, 0.15) is 31.1 Å². The van der Waals surface area contributed by atoms with Gasteiger partial charge in [0.25, 0.3) is 0 Å². The Morgan fingerprint density at radius 3 is 2.72 bits per heavy atom. The van der Waals surface area contributed by atoms with Crippen LogP contribution in [0.2, 0.25) is 0 Å². The van der Waals surface area contributed by atoms with E-state index in [4.69, 9.17) is 16.2 Å². The van der Waals surface area contributed by atoms with Gasteiger partial charge < -0.3 is 21.5 Å². The predicted octanol–water partition coefficient (Wildman–Crippen LogP) is 1.19. The fourth-order valence-electron chi connectivity index (χ4n) is 2.06. The van der Waals surface area contributed by atoms with Gasteiger partial charge in [0, 0.05) is 19.3 Å². The van der Waals surface area contributed by atoms with Crippen molar-refractivity contribution < 1.29 is 14.3 Å². The average Bonchev–Trinajstić information content (AvgIpc) is 2.80. The summed E-state index contributed by atoms with van der Waals surface area (Å²) in [6, 6.07) is 1.55. The number of carbonyl (C=O) groups is 2. The molecule has 9 nitrogen and oxygen atoms in total. The van der Waals surface area contributed by atoms with Crippen molar-refractivity contribution in [3.8, 4) is 0 Å². The molecule has 134 valence electrons. The molecule has 0 fully saturated rings. The summed E-state index contributed by atoms with van der Waals surface area (Å²) in [5.41, 5.74) is 11.9. The summed E-state index contributed by atoms with van der Waals surface area (Å²) in [5, 5.41) is 2.62. The first-order valence-electron chi connectivity index (χ1n) is 7.71. The number of allylic oxidation sites excluding steroid dienone is 1. The van der Waals surface area contributed by atoms with Crippen LogP contribution in [0.3, 0.4) is 0 Å². The Morgan fingerprint density at radius 2 is 2.08 bits per heavy atom. The molecule has 0 aliphatic rings. The number of alkyl carbamates (subject to hydrolysis) is 1. The third-order valence-corrected chi connectivity index (χ3v) is 3.12. The standard InChI is InChI=1S/C16H22N6O3/c1-16(2,3)25-15(24)19-6-4-5-7-22-13-11(21-14(22)18)8-10(9-20-13)12(17)23/h4-5,8-9H,6-7H2,1-3H3,(H2,17,23)(H2,18,21)(H,19,24)/b5-4+. The van der Waals surface area contributed by atoms with Gasteiger partial charge in [0.1, 0.15) is 11.1 Å². The number of amides is 2. The summed E-state index contributed by atoms with van der Waals surface area (Å²) in [6.07, 6.45) is 4.49. The number of ether oxygens (including phenoxy) is 1. The largest absolute Gasteiger partial charge is 0.444 e. The first-order chi connectivity index (χ1) is 11.7. The monoisotopic (exact) mass is 346 g/mol. The van der Waals surface area contributed by atoms with Gasteiger partial charge in [-0.25, -0.2) is 14.8 Å². The van der Waals surface area contributed by atoms with Crippen molar-refractivity contribution in [3.63, 3.8) is 0 Å². The minimum Gasteiger partial charge on any atom is -0.444 e. The minimum absolute atomic E-state index is 0.272. The van der Waals surface area contributed by atoms with Gasteiger partial charge in [-0.1, -0.05) is 12.2 Å². The molecule has 9 heteroatoms. The Hall–Kier alpha value is -3.10. The highest BCUT2D eigenvalue weighted by atomic mass is 16.6. The Bertz CT molecular complexity index is 819. The second-order valence-electron chi connectivity index (χ2n) is 6.37. The molecule has 0 aromatic carbocycles. The zero-order chi connectivity index (χ0) is 18.6. The van der Waals surface area contributed by atoms with Crippen molar-refractivity contribution >= 4 is 29.1 Å². The van der Waals surface area contributed by atoms with Gasteiger partial charge in [0.05, 0.1) is 5.56 Å². The van der Waals surface area contributed by atoms with E-state index in [1.165, 1.54) is 6.20 Å². The van der Waals surface area contributed by atoms with Crippen LogP contribution in [0.4, 0.5) is 10.7 Å². The van der Waals surface area contributed by atoms with E-state index < -0.39 is 17.6 Å². The van der Waals surface area contributed by atoms with Gasteiger partial charge >= 0.3 is 6.09 Å². The van der Waals surface area contributed by atoms with Crippen molar-refractivity contribution in [3.05, 3.63) is 30.0 Å². The topological polar surface area (TPSA) is 138 Å². The molecule has 0 spiro atoms. The zero-order valence-electron chi connectivity index (χ0n) is 14.4. The molecule has 2 amide bonds. The molecule has 25 heavy (non-hydrogen) atoms. The van der Waals surface area contributed by atoms with Gasteiger partial charge in [-0.15, -0.1) is 0 Å². The van der Waals surface area contributed by atoms with E-state index in [2.05, 4.69) is 15.3 Å². The van der Waals surface area contributed by atoms with Crippen LogP contribution >= 0.6 is 0 Å². The smallest absolute Gasteiger partial charge is 0.407 e. The van der Waals surface area contributed by atoms with E-state index in [0.29, 0.717) is 24.3 Å². The number of nitrogen functional groups attached to an aromatic ring is 1. The summed E-state index contributed by atoms with van der Waals surface area (Å²) < 4.78 is 6.82. The van der Waals surface area contributed by atoms with Gasteiger partial charge in [0.15, 0.2) is 5.65 Å². The Balaban J connectivity index is 1.98. The third kappa shape index (κ3) is 4.93. The first-order valence-corrected chi connectivity index (χ1v) is 7.71. The van der Waals surface area contributed by atoms with Crippen molar-refractivity contribution in [2.45, 2.75) is 32.9 Å². The normalized spacial score (nSPS) is 11.8. The van der Waals surface area contributed by atoms with E-state index in [9.17, 15) is 9.59 Å². The molecule has 2 rings (SSSR count). The average molecular weight is 346 g/mol. The molecule has 0 aliphatic heterocycles. The lowest BCUT2D eigenvalue weighted by molar-refractivity contribution is 0.0534. The molecule has 5 N–H and O–H groups in total. The highest BCUT2D eigenvalue weighted by Crippen LogP contribution is 2.16. The molecular weight excluding hydrogens is 324 g/mol. The lowest BCUT2D eigenvalue weighted by atomic mass is 10.2. The third-order valence-electron chi connectivity index (χ3n) is 3.12. The molecule has 0 bridgehead atoms. The zero-order valence-corrected chi connectivity index (χ0v) is 14.4. The predicted molar refractivity (Wildman–Crippen MR) is 93.8 cm³/mol. The SMILES string of the molecule is CC(C)(C)OC(=O)NC/C=C/Cn1c(N)nc2cc(C(N)=O)cnc21. The number of fused-ring (bicyclic) bond motifs is 1. The number of aromatic nitrogens is 3. The summed E-state index contributed by atoms with van der Waals surface area (Å²) >= 11 is 0. The molecule has 0 unspecified atom stereocenters. The molecule has 0 radical (unpaired) electrons. The lowest BCUT2D eigenvalue weighted by Gasteiger charge is -2.19. The number of nitrogens with zero attached hydrogens (tertiary/aromatic N) is 3. The first kappa shape index (κ1) is 18.2. The number of pyridine rings is 1. The number of hydrogen-bond donors (Lipinski definition) is 3. The van der Waals surface area contributed by atoms with Crippen molar-refractivity contribution in [2.75, 3.05) is 12.3 Å². The number of hydrogen-bond acceptors (Lipinski definition) is 6. The van der Waals surface area contributed by atoms with Gasteiger partial charge in [0.2, 0.25) is 11.9 Å². The van der Waals surface area contributed by atoms with Crippen LogP contribution in [-0.2, 0) is 11.3 Å². The molecule has 2 aromatic heterocycles. The maximum absolute atomic E-state index is 11.5. The van der Waals surface area contributed by atoms with Crippen LogP contribution < -0.4 is 16.8 Å². The molecule has 0 atom stereocenters. The number of primary amides is 1. The summed E-state index contributed by atoms with van der Waals surface area (Å²) in [7, 11) is 0. The highest BCUT2D eigenvalue weighted by molar-refractivity contribution is 5.95. The highest BCUT2D eigenvalue weighted by Gasteiger charge is 2.15. The molecule has 0 saturated carbocycles. The Morgan fingerprint density at radius 1 is 1.36 bits per heavy atom. The fourth-order valence-corrected chi connectivity index (χ4v) is 2.06. The van der Waals surface area contributed by atoms with E-state index in [1.54, 1.807) is 37.5 Å². The quantitative estimate of drug-likeness (QED) is 0.695. The van der Waals surface area contributed by atoms with Crippen LogP contribution in [0, 0.1) is 0 Å². The molecule has 0 aliphatic carbocycles. The van der Waals surface area contributed by atoms with Gasteiger partial charge in [-0.3, -0.25) is 9.36 Å². The van der Waals surface area contributed by atoms with E-state index in [1.807, 2.05) is 6.08 Å². The number of carbonyl (C=O) groups excluding carboxylic acids is 2. The van der Waals surface area contributed by atoms with Crippen molar-refractivity contribution in [1.82, 2.24) is 19.9 Å². The maximum Gasteiger partial charge on any atom is 0.407 e. The molecule has 2 heterocycles. The Kier molecular flexibility index (Phi) is 5.26. The molecule has 0 saturated heterocycles. The number of nitrogens with one attached hydrogen (secondary N) is 1. The molecular formula is C16H22N6O3. The van der Waals surface area contributed by atoms with Gasteiger partial charge in [-0.05, 0) is 26.8 Å². The number of imidazole rings is 1. The summed E-state index contributed by atoms with van der Waals surface area (Å²) in [6.45, 7) is 6.13. The minimum atomic E-state index is -0.573. The van der Waals surface area contributed by atoms with Crippen LogP contribution in [-0.4, -0.2) is 38.7 Å². The van der Waals surface area contributed by atoms with Crippen LogP contribution in [0.25, 0.3) is 11.2 Å². The van der Waals surface area contributed by atoms with E-state index in [-0.39, 0.29) is 11.5 Å². The second-order valence-corrected chi connectivity index (χ2v) is 6.37. The van der Waals surface area contributed by atoms with Crippen molar-refractivity contribution in [1.29, 1.82) is 0 Å². The Labute approximate surface area is 145 Å². The van der Waals surface area contributed by atoms with Crippen LogP contribution in [0.15, 0.2) is 24.4 Å². The van der Waals surface area contributed by atoms with Gasteiger partial charge in [-0.2, -0.15) is 0 Å².